The highest BCUT2D eigenvalue weighted by atomic mass is 79.9. The van der Waals surface area contributed by atoms with Crippen LogP contribution in [0.3, 0.4) is 0 Å². The summed E-state index contributed by atoms with van der Waals surface area (Å²) in [6.45, 7) is 4.36. The lowest BCUT2D eigenvalue weighted by atomic mass is 9.84. The number of rotatable bonds is 4. The zero-order valence-electron chi connectivity index (χ0n) is 11.3. The van der Waals surface area contributed by atoms with Gasteiger partial charge in [-0.2, -0.15) is 0 Å². The first-order valence-electron chi connectivity index (χ1n) is 6.91. The van der Waals surface area contributed by atoms with Gasteiger partial charge in [0, 0.05) is 16.6 Å². The van der Waals surface area contributed by atoms with Crippen molar-refractivity contribution in [3.8, 4) is 0 Å². The van der Waals surface area contributed by atoms with Gasteiger partial charge in [0.15, 0.2) is 0 Å². The summed E-state index contributed by atoms with van der Waals surface area (Å²) in [6.07, 6.45) is 2.98. The van der Waals surface area contributed by atoms with Crippen molar-refractivity contribution >= 4 is 27.5 Å². The Balaban J connectivity index is 1.83. The number of nitrogens with one attached hydrogen (secondary N) is 2. The van der Waals surface area contributed by atoms with Crippen LogP contribution >= 0.6 is 15.9 Å². The molecule has 4 heteroatoms. The number of amides is 1. The van der Waals surface area contributed by atoms with Crippen LogP contribution < -0.4 is 10.6 Å². The standard InChI is InChI=1S/C15H21BrN2O/c1-11(12-5-7-17-8-6-12)9-15(19)18-14-4-2-3-13(16)10-14/h2-4,10-12,17H,5-9H2,1H3,(H,18,19). The van der Waals surface area contributed by atoms with Crippen molar-refractivity contribution in [2.45, 2.75) is 26.2 Å². The molecule has 1 saturated heterocycles. The Morgan fingerprint density at radius 1 is 1.47 bits per heavy atom. The molecule has 19 heavy (non-hydrogen) atoms. The highest BCUT2D eigenvalue weighted by molar-refractivity contribution is 9.10. The van der Waals surface area contributed by atoms with Crippen LogP contribution in [0.15, 0.2) is 28.7 Å². The van der Waals surface area contributed by atoms with E-state index in [9.17, 15) is 4.79 Å². The fraction of sp³-hybridized carbons (Fsp3) is 0.533. The minimum atomic E-state index is 0.115. The molecule has 3 nitrogen and oxygen atoms in total. The number of hydrogen-bond donors (Lipinski definition) is 2. The van der Waals surface area contributed by atoms with Crippen LogP contribution in [0, 0.1) is 11.8 Å². The smallest absolute Gasteiger partial charge is 0.224 e. The molecule has 1 aromatic rings. The Morgan fingerprint density at radius 3 is 2.89 bits per heavy atom. The zero-order valence-corrected chi connectivity index (χ0v) is 12.9. The maximum atomic E-state index is 12.0. The number of piperidine rings is 1. The first-order chi connectivity index (χ1) is 9.15. The number of hydrogen-bond acceptors (Lipinski definition) is 2. The summed E-state index contributed by atoms with van der Waals surface area (Å²) < 4.78 is 0.983. The third-order valence-corrected chi connectivity index (χ3v) is 4.30. The van der Waals surface area contributed by atoms with Gasteiger partial charge >= 0.3 is 0 Å². The van der Waals surface area contributed by atoms with Gasteiger partial charge in [-0.15, -0.1) is 0 Å². The van der Waals surface area contributed by atoms with Crippen molar-refractivity contribution < 1.29 is 4.79 Å². The van der Waals surface area contributed by atoms with E-state index in [-0.39, 0.29) is 5.91 Å². The van der Waals surface area contributed by atoms with Crippen LogP contribution in [0.2, 0.25) is 0 Å². The summed E-state index contributed by atoms with van der Waals surface area (Å²) in [6, 6.07) is 7.72. The van der Waals surface area contributed by atoms with E-state index in [0.717, 1.165) is 23.2 Å². The lowest BCUT2D eigenvalue weighted by Gasteiger charge is -2.27. The summed E-state index contributed by atoms with van der Waals surface area (Å²) >= 11 is 3.41. The number of carbonyl (C=O) groups excluding carboxylic acids is 1. The molecule has 1 amide bonds. The first-order valence-corrected chi connectivity index (χ1v) is 7.70. The second kappa shape index (κ2) is 7.06. The van der Waals surface area contributed by atoms with Gasteiger partial charge in [0.2, 0.25) is 5.91 Å². The van der Waals surface area contributed by atoms with Crippen molar-refractivity contribution in [3.05, 3.63) is 28.7 Å². The van der Waals surface area contributed by atoms with E-state index in [0.29, 0.717) is 18.3 Å². The molecular weight excluding hydrogens is 304 g/mol. The lowest BCUT2D eigenvalue weighted by molar-refractivity contribution is -0.117. The SMILES string of the molecule is CC(CC(=O)Nc1cccc(Br)c1)C1CCNCC1. The van der Waals surface area contributed by atoms with E-state index in [1.165, 1.54) is 12.8 Å². The molecule has 0 radical (unpaired) electrons. The largest absolute Gasteiger partial charge is 0.326 e. The minimum absolute atomic E-state index is 0.115. The lowest BCUT2D eigenvalue weighted by Crippen LogP contribution is -2.32. The summed E-state index contributed by atoms with van der Waals surface area (Å²) in [5, 5.41) is 6.33. The Kier molecular flexibility index (Phi) is 5.40. The second-order valence-electron chi connectivity index (χ2n) is 5.33. The zero-order chi connectivity index (χ0) is 13.7. The van der Waals surface area contributed by atoms with Crippen molar-refractivity contribution in [1.82, 2.24) is 5.32 Å². The second-order valence-corrected chi connectivity index (χ2v) is 6.24. The van der Waals surface area contributed by atoms with E-state index in [1.54, 1.807) is 0 Å². The number of halogens is 1. The van der Waals surface area contributed by atoms with E-state index in [4.69, 9.17) is 0 Å². The van der Waals surface area contributed by atoms with Gasteiger partial charge < -0.3 is 10.6 Å². The first kappa shape index (κ1) is 14.5. The van der Waals surface area contributed by atoms with Gasteiger partial charge in [0.25, 0.3) is 0 Å². The molecule has 2 rings (SSSR count). The Morgan fingerprint density at radius 2 is 2.21 bits per heavy atom. The molecule has 1 atom stereocenters. The van der Waals surface area contributed by atoms with Gasteiger partial charge in [-0.05, 0) is 56.0 Å². The normalized spacial score (nSPS) is 18.0. The van der Waals surface area contributed by atoms with Crippen molar-refractivity contribution in [1.29, 1.82) is 0 Å². The average molecular weight is 325 g/mol. The third kappa shape index (κ3) is 4.62. The molecule has 2 N–H and O–H groups in total. The topological polar surface area (TPSA) is 41.1 Å². The Hall–Kier alpha value is -0.870. The van der Waals surface area contributed by atoms with E-state index >= 15 is 0 Å². The number of benzene rings is 1. The summed E-state index contributed by atoms with van der Waals surface area (Å²) in [7, 11) is 0. The van der Waals surface area contributed by atoms with Crippen molar-refractivity contribution in [2.75, 3.05) is 18.4 Å². The minimum Gasteiger partial charge on any atom is -0.326 e. The summed E-state index contributed by atoms with van der Waals surface area (Å²) in [5.41, 5.74) is 0.858. The van der Waals surface area contributed by atoms with Crippen molar-refractivity contribution in [3.63, 3.8) is 0 Å². The van der Waals surface area contributed by atoms with Gasteiger partial charge in [0.05, 0.1) is 0 Å². The van der Waals surface area contributed by atoms with Gasteiger partial charge in [-0.3, -0.25) is 4.79 Å². The van der Waals surface area contributed by atoms with Crippen LogP contribution in [0.5, 0.6) is 0 Å². The van der Waals surface area contributed by atoms with E-state index in [2.05, 4.69) is 33.5 Å². The molecular formula is C15H21BrN2O. The van der Waals surface area contributed by atoms with Crippen LogP contribution in [0.25, 0.3) is 0 Å². The Labute approximate surface area is 123 Å². The van der Waals surface area contributed by atoms with Gasteiger partial charge in [0.1, 0.15) is 0 Å². The molecule has 0 spiro atoms. The maximum absolute atomic E-state index is 12.0. The summed E-state index contributed by atoms with van der Waals surface area (Å²) in [5.74, 6) is 1.24. The quantitative estimate of drug-likeness (QED) is 0.891. The molecule has 1 aliphatic heterocycles. The third-order valence-electron chi connectivity index (χ3n) is 3.80. The van der Waals surface area contributed by atoms with Crippen molar-refractivity contribution in [2.24, 2.45) is 11.8 Å². The number of carbonyl (C=O) groups is 1. The molecule has 1 heterocycles. The molecule has 0 aliphatic carbocycles. The highest BCUT2D eigenvalue weighted by Crippen LogP contribution is 2.25. The molecule has 1 fully saturated rings. The molecule has 1 aromatic carbocycles. The molecule has 104 valence electrons. The summed E-state index contributed by atoms with van der Waals surface area (Å²) in [4.78, 5) is 12.0. The average Bonchev–Trinajstić information content (AvgIpc) is 2.39. The molecule has 0 aromatic heterocycles. The van der Waals surface area contributed by atoms with Gasteiger partial charge in [-0.25, -0.2) is 0 Å². The molecule has 1 aliphatic rings. The van der Waals surface area contributed by atoms with Gasteiger partial charge in [-0.1, -0.05) is 28.9 Å². The van der Waals surface area contributed by atoms with Crippen LogP contribution in [-0.2, 0) is 4.79 Å². The Bertz CT molecular complexity index is 430. The predicted molar refractivity (Wildman–Crippen MR) is 82.1 cm³/mol. The maximum Gasteiger partial charge on any atom is 0.224 e. The molecule has 0 bridgehead atoms. The van der Waals surface area contributed by atoms with Crippen LogP contribution in [-0.4, -0.2) is 19.0 Å². The van der Waals surface area contributed by atoms with Crippen LogP contribution in [0.1, 0.15) is 26.2 Å². The molecule has 0 saturated carbocycles. The van der Waals surface area contributed by atoms with E-state index < -0.39 is 0 Å². The molecule has 1 unspecified atom stereocenters. The number of anilines is 1. The highest BCUT2D eigenvalue weighted by Gasteiger charge is 2.21. The monoisotopic (exact) mass is 324 g/mol. The fourth-order valence-electron chi connectivity index (χ4n) is 2.65. The fourth-order valence-corrected chi connectivity index (χ4v) is 3.05. The predicted octanol–water partition coefficient (Wildman–Crippen LogP) is 3.41. The van der Waals surface area contributed by atoms with Crippen LogP contribution in [0.4, 0.5) is 5.69 Å². The van der Waals surface area contributed by atoms with E-state index in [1.807, 2.05) is 24.3 Å².